The molecule has 4 nitrogen and oxygen atoms in total. The third kappa shape index (κ3) is 2.23. The lowest BCUT2D eigenvalue weighted by Crippen LogP contribution is -2.29. The molecular weight excluding hydrogens is 232 g/mol. The van der Waals surface area contributed by atoms with Gasteiger partial charge in [-0.1, -0.05) is 0 Å². The van der Waals surface area contributed by atoms with E-state index in [1.165, 1.54) is 11.3 Å². The maximum Gasteiger partial charge on any atom is 0.241 e. The highest BCUT2D eigenvalue weighted by atomic mass is 32.2. The van der Waals surface area contributed by atoms with Gasteiger partial charge in [0.2, 0.25) is 10.0 Å². The summed E-state index contributed by atoms with van der Waals surface area (Å²) in [5.74, 6) is 0. The van der Waals surface area contributed by atoms with Gasteiger partial charge in [0, 0.05) is 21.8 Å². The van der Waals surface area contributed by atoms with E-state index in [-0.39, 0.29) is 12.1 Å². The molecule has 0 saturated heterocycles. The number of sulfonamides is 1. The monoisotopic (exact) mass is 246 g/mol. The number of thiophene rings is 1. The highest BCUT2D eigenvalue weighted by molar-refractivity contribution is 7.89. The van der Waals surface area contributed by atoms with Crippen molar-refractivity contribution < 1.29 is 8.42 Å². The molecule has 1 aliphatic rings. The van der Waals surface area contributed by atoms with E-state index in [2.05, 4.69) is 4.72 Å². The maximum atomic E-state index is 11.9. The van der Waals surface area contributed by atoms with Crippen LogP contribution in [0.25, 0.3) is 0 Å². The Morgan fingerprint density at radius 2 is 2.13 bits per heavy atom. The first kappa shape index (κ1) is 11.1. The van der Waals surface area contributed by atoms with Crippen molar-refractivity contribution in [2.75, 3.05) is 0 Å². The molecule has 1 aromatic heterocycles. The van der Waals surface area contributed by atoms with Crippen molar-refractivity contribution in [1.29, 1.82) is 0 Å². The van der Waals surface area contributed by atoms with E-state index in [1.807, 2.05) is 13.8 Å². The number of hydrogen-bond acceptors (Lipinski definition) is 4. The molecule has 1 heterocycles. The van der Waals surface area contributed by atoms with Crippen LogP contribution < -0.4 is 10.5 Å². The van der Waals surface area contributed by atoms with Gasteiger partial charge in [0.15, 0.2) is 0 Å². The zero-order chi connectivity index (χ0) is 11.2. The summed E-state index contributed by atoms with van der Waals surface area (Å²) in [6.07, 6.45) is 0.737. The Hall–Kier alpha value is -0.430. The predicted octanol–water partition coefficient (Wildman–Crippen LogP) is 0.743. The van der Waals surface area contributed by atoms with E-state index in [9.17, 15) is 8.42 Å². The van der Waals surface area contributed by atoms with Gasteiger partial charge in [-0.3, -0.25) is 0 Å². The van der Waals surface area contributed by atoms with E-state index >= 15 is 0 Å². The molecular formula is C9H14N2O2S2. The van der Waals surface area contributed by atoms with Crippen LogP contribution in [-0.2, 0) is 10.0 Å². The molecule has 1 saturated carbocycles. The summed E-state index contributed by atoms with van der Waals surface area (Å²) in [6.45, 7) is 3.72. The summed E-state index contributed by atoms with van der Waals surface area (Å²) in [5, 5.41) is 0. The number of rotatable bonds is 3. The van der Waals surface area contributed by atoms with Crippen LogP contribution >= 0.6 is 11.3 Å². The molecule has 1 aliphatic carbocycles. The average molecular weight is 246 g/mol. The Labute approximate surface area is 93.5 Å². The molecule has 0 aromatic carbocycles. The van der Waals surface area contributed by atoms with Gasteiger partial charge in [0.1, 0.15) is 0 Å². The lowest BCUT2D eigenvalue weighted by molar-refractivity contribution is 0.579. The summed E-state index contributed by atoms with van der Waals surface area (Å²) in [6, 6.07) is 1.62. The average Bonchev–Trinajstić information content (AvgIpc) is 2.62. The van der Waals surface area contributed by atoms with E-state index in [1.54, 1.807) is 6.07 Å². The molecule has 0 spiro atoms. The van der Waals surface area contributed by atoms with E-state index in [0.717, 1.165) is 16.2 Å². The lowest BCUT2D eigenvalue weighted by atomic mass is 10.4. The van der Waals surface area contributed by atoms with E-state index in [4.69, 9.17) is 5.73 Å². The van der Waals surface area contributed by atoms with Crippen molar-refractivity contribution in [3.05, 3.63) is 15.8 Å². The zero-order valence-corrected chi connectivity index (χ0v) is 10.3. The van der Waals surface area contributed by atoms with E-state index in [0.29, 0.717) is 4.90 Å². The topological polar surface area (TPSA) is 72.2 Å². The standard InChI is InChI=1S/C9H14N2O2S2/c1-5-3-9(6(2)14-5)15(12,13)11-8-4-7(8)10/h3,7-8,11H,4,10H2,1-2H3. The molecule has 6 heteroatoms. The molecule has 0 radical (unpaired) electrons. The fraction of sp³-hybridized carbons (Fsp3) is 0.556. The van der Waals surface area contributed by atoms with Crippen molar-refractivity contribution in [2.45, 2.75) is 37.2 Å². The molecule has 1 aromatic rings. The van der Waals surface area contributed by atoms with Gasteiger partial charge in [-0.25, -0.2) is 13.1 Å². The van der Waals surface area contributed by atoms with Gasteiger partial charge in [-0.05, 0) is 26.3 Å². The fourth-order valence-corrected chi connectivity index (χ4v) is 4.34. The van der Waals surface area contributed by atoms with Crippen LogP contribution in [0.3, 0.4) is 0 Å². The summed E-state index contributed by atoms with van der Waals surface area (Å²) >= 11 is 1.49. The van der Waals surface area contributed by atoms with E-state index < -0.39 is 10.0 Å². The highest BCUT2D eigenvalue weighted by Gasteiger charge is 2.37. The van der Waals surface area contributed by atoms with Gasteiger partial charge < -0.3 is 5.73 Å². The predicted molar refractivity (Wildman–Crippen MR) is 60.5 cm³/mol. The molecule has 3 N–H and O–H groups in total. The first-order chi connectivity index (χ1) is 6.90. The van der Waals surface area contributed by atoms with Crippen molar-refractivity contribution in [2.24, 2.45) is 5.73 Å². The van der Waals surface area contributed by atoms with Gasteiger partial charge in [0.25, 0.3) is 0 Å². The molecule has 2 atom stereocenters. The third-order valence-corrected chi connectivity index (χ3v) is 5.14. The number of nitrogens with two attached hydrogens (primary N) is 1. The van der Waals surface area contributed by atoms with Crippen molar-refractivity contribution in [3.8, 4) is 0 Å². The quantitative estimate of drug-likeness (QED) is 0.826. The minimum absolute atomic E-state index is 0.0141. The second-order valence-electron chi connectivity index (χ2n) is 3.90. The van der Waals surface area contributed by atoms with Gasteiger partial charge in [0.05, 0.1) is 4.90 Å². The van der Waals surface area contributed by atoms with Crippen molar-refractivity contribution in [1.82, 2.24) is 4.72 Å². The van der Waals surface area contributed by atoms with Crippen molar-refractivity contribution in [3.63, 3.8) is 0 Å². The van der Waals surface area contributed by atoms with Crippen LogP contribution in [0.15, 0.2) is 11.0 Å². The minimum atomic E-state index is -3.36. The first-order valence-electron chi connectivity index (χ1n) is 4.75. The Morgan fingerprint density at radius 3 is 2.53 bits per heavy atom. The van der Waals surface area contributed by atoms with Crippen molar-refractivity contribution >= 4 is 21.4 Å². The summed E-state index contributed by atoms with van der Waals surface area (Å²) in [4.78, 5) is 2.23. The SMILES string of the molecule is Cc1cc(S(=O)(=O)NC2CC2N)c(C)s1. The Kier molecular flexibility index (Phi) is 2.62. The summed E-state index contributed by atoms with van der Waals surface area (Å²) in [7, 11) is -3.36. The van der Waals surface area contributed by atoms with Crippen LogP contribution in [0, 0.1) is 13.8 Å². The normalized spacial score (nSPS) is 25.5. The Morgan fingerprint density at radius 1 is 1.53 bits per heavy atom. The van der Waals surface area contributed by atoms with Crippen LogP contribution in [0.4, 0.5) is 0 Å². The number of nitrogens with one attached hydrogen (secondary N) is 1. The van der Waals surface area contributed by atoms with Crippen LogP contribution in [0.2, 0.25) is 0 Å². The van der Waals surface area contributed by atoms with Gasteiger partial charge in [-0.2, -0.15) is 0 Å². The Balaban J connectivity index is 2.25. The molecule has 0 aliphatic heterocycles. The zero-order valence-electron chi connectivity index (χ0n) is 8.65. The molecule has 84 valence electrons. The molecule has 0 bridgehead atoms. The first-order valence-corrected chi connectivity index (χ1v) is 7.05. The molecule has 15 heavy (non-hydrogen) atoms. The minimum Gasteiger partial charge on any atom is -0.326 e. The summed E-state index contributed by atoms with van der Waals surface area (Å²) in [5.41, 5.74) is 5.57. The van der Waals surface area contributed by atoms with Gasteiger partial charge >= 0.3 is 0 Å². The van der Waals surface area contributed by atoms with Gasteiger partial charge in [-0.15, -0.1) is 11.3 Å². The molecule has 2 rings (SSSR count). The van der Waals surface area contributed by atoms with Crippen LogP contribution in [0.5, 0.6) is 0 Å². The highest BCUT2D eigenvalue weighted by Crippen LogP contribution is 2.27. The lowest BCUT2D eigenvalue weighted by Gasteiger charge is -2.04. The van der Waals surface area contributed by atoms with Crippen LogP contribution in [0.1, 0.15) is 16.2 Å². The molecule has 1 fully saturated rings. The second kappa shape index (κ2) is 3.55. The number of hydrogen-bond donors (Lipinski definition) is 2. The Bertz CT molecular complexity index is 478. The summed E-state index contributed by atoms with van der Waals surface area (Å²) < 4.78 is 26.4. The number of aryl methyl sites for hydroxylation is 2. The van der Waals surface area contributed by atoms with Crippen LogP contribution in [-0.4, -0.2) is 20.5 Å². The smallest absolute Gasteiger partial charge is 0.241 e. The third-order valence-electron chi connectivity index (χ3n) is 2.43. The second-order valence-corrected chi connectivity index (χ2v) is 7.05. The largest absolute Gasteiger partial charge is 0.326 e. The molecule has 2 unspecified atom stereocenters. The fourth-order valence-electron chi connectivity index (χ4n) is 1.49. The molecule has 0 amide bonds. The maximum absolute atomic E-state index is 11.9.